The number of amides is 1. The summed E-state index contributed by atoms with van der Waals surface area (Å²) in [5, 5.41) is 11.1. The van der Waals surface area contributed by atoms with Gasteiger partial charge in [-0.25, -0.2) is 4.79 Å². The van der Waals surface area contributed by atoms with E-state index in [0.29, 0.717) is 11.4 Å². The normalized spacial score (nSPS) is 14.5. The van der Waals surface area contributed by atoms with Gasteiger partial charge in [0.2, 0.25) is 0 Å². The molecule has 33 heavy (non-hydrogen) atoms. The first-order chi connectivity index (χ1) is 16.0. The molecule has 168 valence electrons. The van der Waals surface area contributed by atoms with Crippen LogP contribution in [0.5, 0.6) is 11.5 Å². The summed E-state index contributed by atoms with van der Waals surface area (Å²) in [5.41, 5.74) is 1.19. The number of ether oxygens (including phenoxy) is 3. The molecule has 3 aromatic rings. The maximum atomic E-state index is 13.1. The van der Waals surface area contributed by atoms with Crippen molar-refractivity contribution in [3.63, 3.8) is 0 Å². The molecule has 1 atom stereocenters. The SMILES string of the molecule is O=C(COc1ccccc1[N+](=O)[O-])OCC(=O)N1c2ccccc2OCC1c1ccccc1. The van der Waals surface area contributed by atoms with E-state index < -0.39 is 36.1 Å². The van der Waals surface area contributed by atoms with Gasteiger partial charge in [-0.05, 0) is 23.8 Å². The van der Waals surface area contributed by atoms with Crippen LogP contribution in [0.15, 0.2) is 78.9 Å². The Labute approximate surface area is 189 Å². The van der Waals surface area contributed by atoms with E-state index >= 15 is 0 Å². The molecule has 1 unspecified atom stereocenters. The molecule has 9 nitrogen and oxygen atoms in total. The second kappa shape index (κ2) is 9.82. The highest BCUT2D eigenvalue weighted by atomic mass is 16.6. The van der Waals surface area contributed by atoms with Gasteiger partial charge in [-0.2, -0.15) is 0 Å². The topological polar surface area (TPSA) is 108 Å². The summed E-state index contributed by atoms with van der Waals surface area (Å²) in [6, 6.07) is 21.9. The van der Waals surface area contributed by atoms with Crippen LogP contribution in [0.4, 0.5) is 11.4 Å². The first-order valence-electron chi connectivity index (χ1n) is 10.2. The third-order valence-corrected chi connectivity index (χ3v) is 5.05. The average molecular weight is 448 g/mol. The smallest absolute Gasteiger partial charge is 0.344 e. The van der Waals surface area contributed by atoms with Crippen molar-refractivity contribution in [2.75, 3.05) is 24.7 Å². The number of fused-ring (bicyclic) bond motifs is 1. The first kappa shape index (κ1) is 21.8. The van der Waals surface area contributed by atoms with Gasteiger partial charge in [0.1, 0.15) is 12.4 Å². The molecule has 0 saturated carbocycles. The fourth-order valence-corrected chi connectivity index (χ4v) is 3.54. The molecular formula is C24H20N2O7. The van der Waals surface area contributed by atoms with Crippen molar-refractivity contribution in [1.29, 1.82) is 0 Å². The van der Waals surface area contributed by atoms with E-state index in [1.165, 1.54) is 18.2 Å². The van der Waals surface area contributed by atoms with Gasteiger partial charge in [0, 0.05) is 6.07 Å². The molecule has 0 fully saturated rings. The predicted molar refractivity (Wildman–Crippen MR) is 118 cm³/mol. The maximum Gasteiger partial charge on any atom is 0.344 e. The summed E-state index contributed by atoms with van der Waals surface area (Å²) >= 11 is 0. The summed E-state index contributed by atoms with van der Waals surface area (Å²) in [5.74, 6) is -0.751. The van der Waals surface area contributed by atoms with Crippen LogP contribution in [-0.4, -0.2) is 36.6 Å². The average Bonchev–Trinajstić information content (AvgIpc) is 2.86. The van der Waals surface area contributed by atoms with E-state index in [4.69, 9.17) is 14.2 Å². The maximum absolute atomic E-state index is 13.1. The number of nitro groups is 1. The molecule has 0 aliphatic carbocycles. The molecular weight excluding hydrogens is 428 g/mol. The molecule has 3 aromatic carbocycles. The second-order valence-corrected chi connectivity index (χ2v) is 7.14. The van der Waals surface area contributed by atoms with E-state index in [2.05, 4.69) is 0 Å². The molecule has 0 spiro atoms. The van der Waals surface area contributed by atoms with Gasteiger partial charge in [-0.15, -0.1) is 0 Å². The largest absolute Gasteiger partial charge is 0.489 e. The number of carbonyl (C=O) groups excluding carboxylic acids is 2. The second-order valence-electron chi connectivity index (χ2n) is 7.14. The Morgan fingerprint density at radius 3 is 2.45 bits per heavy atom. The number of hydrogen-bond acceptors (Lipinski definition) is 7. The van der Waals surface area contributed by atoms with Crippen LogP contribution in [-0.2, 0) is 14.3 Å². The van der Waals surface area contributed by atoms with Crippen molar-refractivity contribution >= 4 is 23.3 Å². The lowest BCUT2D eigenvalue weighted by molar-refractivity contribution is -0.385. The van der Waals surface area contributed by atoms with E-state index in [1.807, 2.05) is 36.4 Å². The molecule has 9 heteroatoms. The highest BCUT2D eigenvalue weighted by Gasteiger charge is 2.33. The predicted octanol–water partition coefficient (Wildman–Crippen LogP) is 3.68. The van der Waals surface area contributed by atoms with E-state index in [1.54, 1.807) is 29.2 Å². The monoisotopic (exact) mass is 448 g/mol. The van der Waals surface area contributed by atoms with Gasteiger partial charge in [-0.1, -0.05) is 54.6 Å². The number of nitrogens with zero attached hydrogens (tertiary/aromatic N) is 2. The summed E-state index contributed by atoms with van der Waals surface area (Å²) in [4.78, 5) is 37.3. The highest BCUT2D eigenvalue weighted by Crippen LogP contribution is 2.39. The number of hydrogen-bond donors (Lipinski definition) is 0. The van der Waals surface area contributed by atoms with Gasteiger partial charge in [0.15, 0.2) is 19.0 Å². The summed E-state index contributed by atoms with van der Waals surface area (Å²) in [7, 11) is 0. The number of anilines is 1. The molecule has 1 amide bonds. The van der Waals surface area contributed by atoms with Crippen LogP contribution in [0.1, 0.15) is 11.6 Å². The lowest BCUT2D eigenvalue weighted by Crippen LogP contribution is -2.43. The van der Waals surface area contributed by atoms with Crippen molar-refractivity contribution in [2.45, 2.75) is 6.04 Å². The standard InChI is InChI=1S/C24H20N2O7/c27-23(15-33-24(28)16-32-22-13-7-5-11-19(22)26(29)30)25-18-10-4-6-12-21(18)31-14-20(25)17-8-2-1-3-9-17/h1-13,20H,14-16H2. The summed E-state index contributed by atoms with van der Waals surface area (Å²) in [6.07, 6.45) is 0. The van der Waals surface area contributed by atoms with Gasteiger partial charge in [0.05, 0.1) is 16.7 Å². The van der Waals surface area contributed by atoms with Crippen LogP contribution >= 0.6 is 0 Å². The first-order valence-corrected chi connectivity index (χ1v) is 10.2. The summed E-state index contributed by atoms with van der Waals surface area (Å²) < 4.78 is 16.2. The van der Waals surface area contributed by atoms with E-state index in [-0.39, 0.29) is 18.0 Å². The molecule has 0 bridgehead atoms. The Balaban J connectivity index is 1.44. The molecule has 1 aliphatic heterocycles. The summed E-state index contributed by atoms with van der Waals surface area (Å²) in [6.45, 7) is -0.835. The minimum Gasteiger partial charge on any atom is -0.489 e. The van der Waals surface area contributed by atoms with Crippen LogP contribution in [0.2, 0.25) is 0 Å². The third-order valence-electron chi connectivity index (χ3n) is 5.05. The van der Waals surface area contributed by atoms with Crippen LogP contribution in [0, 0.1) is 10.1 Å². The van der Waals surface area contributed by atoms with Gasteiger partial charge in [0.25, 0.3) is 5.91 Å². The Bertz CT molecular complexity index is 1170. The number of carbonyl (C=O) groups is 2. The zero-order chi connectivity index (χ0) is 23.2. The molecule has 0 N–H and O–H groups in total. The minimum absolute atomic E-state index is 0.0583. The Morgan fingerprint density at radius 2 is 1.67 bits per heavy atom. The quantitative estimate of drug-likeness (QED) is 0.308. The number of benzene rings is 3. The van der Waals surface area contributed by atoms with Gasteiger partial charge >= 0.3 is 11.7 Å². The molecule has 4 rings (SSSR count). The van der Waals surface area contributed by atoms with Crippen LogP contribution in [0.3, 0.4) is 0 Å². The fraction of sp³-hybridized carbons (Fsp3) is 0.167. The zero-order valence-electron chi connectivity index (χ0n) is 17.5. The van der Waals surface area contributed by atoms with Crippen LogP contribution in [0.25, 0.3) is 0 Å². The lowest BCUT2D eigenvalue weighted by atomic mass is 10.0. The lowest BCUT2D eigenvalue weighted by Gasteiger charge is -2.37. The van der Waals surface area contributed by atoms with E-state index in [9.17, 15) is 19.7 Å². The van der Waals surface area contributed by atoms with Crippen molar-refractivity contribution in [3.8, 4) is 11.5 Å². The third kappa shape index (κ3) is 4.93. The van der Waals surface area contributed by atoms with Crippen molar-refractivity contribution in [2.24, 2.45) is 0 Å². The van der Waals surface area contributed by atoms with Gasteiger partial charge < -0.3 is 14.2 Å². The Hall–Kier alpha value is -4.40. The van der Waals surface area contributed by atoms with Crippen molar-refractivity contribution in [1.82, 2.24) is 0 Å². The molecule has 1 heterocycles. The fourth-order valence-electron chi connectivity index (χ4n) is 3.54. The Morgan fingerprint density at radius 1 is 0.970 bits per heavy atom. The van der Waals surface area contributed by atoms with E-state index in [0.717, 1.165) is 5.56 Å². The zero-order valence-corrected chi connectivity index (χ0v) is 17.5. The Kier molecular flexibility index (Phi) is 6.49. The molecule has 0 radical (unpaired) electrons. The minimum atomic E-state index is -0.820. The number of rotatable bonds is 7. The highest BCUT2D eigenvalue weighted by molar-refractivity contribution is 5.97. The number of nitro benzene ring substituents is 1. The van der Waals surface area contributed by atoms with Gasteiger partial charge in [-0.3, -0.25) is 19.8 Å². The number of para-hydroxylation sites is 4. The molecule has 1 aliphatic rings. The molecule has 0 aromatic heterocycles. The van der Waals surface area contributed by atoms with Crippen molar-refractivity contribution < 1.29 is 28.7 Å². The van der Waals surface area contributed by atoms with Crippen molar-refractivity contribution in [3.05, 3.63) is 94.5 Å². The molecule has 0 saturated heterocycles. The number of esters is 1. The van der Waals surface area contributed by atoms with Crippen LogP contribution < -0.4 is 14.4 Å².